The molecule has 6 heteroatoms. The molecule has 1 N–H and O–H groups in total. The lowest BCUT2D eigenvalue weighted by Gasteiger charge is -2.11. The molecule has 0 atom stereocenters. The van der Waals surface area contributed by atoms with E-state index in [0.717, 1.165) is 16.3 Å². The first-order valence-corrected chi connectivity index (χ1v) is 8.45. The van der Waals surface area contributed by atoms with E-state index in [1.165, 1.54) is 19.2 Å². The zero-order valence-electron chi connectivity index (χ0n) is 14.7. The number of benzene rings is 3. The fraction of sp³-hybridized carbons (Fsp3) is 0.190. The van der Waals surface area contributed by atoms with Gasteiger partial charge < -0.3 is 14.8 Å². The fourth-order valence-corrected chi connectivity index (χ4v) is 2.82. The number of amides is 1. The lowest BCUT2D eigenvalue weighted by molar-refractivity contribution is -0.0498. The van der Waals surface area contributed by atoms with E-state index in [2.05, 4.69) is 10.1 Å². The van der Waals surface area contributed by atoms with Crippen molar-refractivity contribution in [2.24, 2.45) is 0 Å². The van der Waals surface area contributed by atoms with Gasteiger partial charge in [0.05, 0.1) is 12.7 Å². The molecule has 1 amide bonds. The molecule has 0 spiro atoms. The number of methoxy groups -OCH3 is 1. The number of carbonyl (C=O) groups is 1. The molecular weight excluding hydrogens is 352 g/mol. The van der Waals surface area contributed by atoms with Crippen LogP contribution in [-0.2, 0) is 6.42 Å². The molecule has 0 aliphatic rings. The molecule has 140 valence electrons. The molecule has 0 fully saturated rings. The van der Waals surface area contributed by atoms with E-state index in [9.17, 15) is 13.6 Å². The van der Waals surface area contributed by atoms with Gasteiger partial charge >= 0.3 is 6.61 Å². The van der Waals surface area contributed by atoms with Gasteiger partial charge in [0, 0.05) is 6.54 Å². The predicted octanol–water partition coefficient (Wildman–Crippen LogP) is 4.42. The van der Waals surface area contributed by atoms with Crippen LogP contribution in [0.5, 0.6) is 11.5 Å². The summed E-state index contributed by atoms with van der Waals surface area (Å²) >= 11 is 0. The van der Waals surface area contributed by atoms with Gasteiger partial charge in [-0.3, -0.25) is 4.79 Å². The average molecular weight is 371 g/mol. The molecule has 27 heavy (non-hydrogen) atoms. The van der Waals surface area contributed by atoms with Crippen molar-refractivity contribution in [2.45, 2.75) is 13.0 Å². The summed E-state index contributed by atoms with van der Waals surface area (Å²) in [5.74, 6) is 0.397. The number of rotatable bonds is 7. The minimum atomic E-state index is -2.84. The van der Waals surface area contributed by atoms with Gasteiger partial charge in [-0.2, -0.15) is 8.78 Å². The topological polar surface area (TPSA) is 47.6 Å². The van der Waals surface area contributed by atoms with Crippen molar-refractivity contribution in [1.29, 1.82) is 0 Å². The number of halogens is 2. The summed E-state index contributed by atoms with van der Waals surface area (Å²) in [5, 5.41) is 4.82. The van der Waals surface area contributed by atoms with E-state index < -0.39 is 6.61 Å². The molecule has 0 radical (unpaired) electrons. The van der Waals surface area contributed by atoms with Gasteiger partial charge in [-0.25, -0.2) is 0 Å². The van der Waals surface area contributed by atoms with Gasteiger partial charge in [0.1, 0.15) is 11.5 Å². The van der Waals surface area contributed by atoms with E-state index in [-0.39, 0.29) is 11.7 Å². The Bertz CT molecular complexity index is 926. The van der Waals surface area contributed by atoms with Crippen molar-refractivity contribution in [3.8, 4) is 11.5 Å². The first-order valence-electron chi connectivity index (χ1n) is 8.45. The van der Waals surface area contributed by atoms with Crippen LogP contribution in [0.2, 0.25) is 0 Å². The lowest BCUT2D eigenvalue weighted by Crippen LogP contribution is -2.26. The van der Waals surface area contributed by atoms with E-state index in [4.69, 9.17) is 4.74 Å². The minimum absolute atomic E-state index is 0.110. The molecule has 0 aliphatic heterocycles. The standard InChI is InChI=1S/C21H19F2NO3/c1-26-19-13-16-5-3-2-4-15(16)12-18(19)20(25)24-11-10-14-6-8-17(9-7-14)27-21(22)23/h2-9,12-13,21H,10-11H2,1H3,(H,24,25). The van der Waals surface area contributed by atoms with Crippen LogP contribution >= 0.6 is 0 Å². The highest BCUT2D eigenvalue weighted by Crippen LogP contribution is 2.26. The Morgan fingerprint density at radius 3 is 2.33 bits per heavy atom. The highest BCUT2D eigenvalue weighted by molar-refractivity contribution is 6.01. The molecule has 0 aromatic heterocycles. The maximum absolute atomic E-state index is 12.5. The van der Waals surface area contributed by atoms with Gasteiger partial charge in [-0.1, -0.05) is 36.4 Å². The fourth-order valence-electron chi connectivity index (χ4n) is 2.82. The SMILES string of the molecule is COc1cc2ccccc2cc1C(=O)NCCc1ccc(OC(F)F)cc1. The number of alkyl halides is 2. The van der Waals surface area contributed by atoms with Gasteiger partial charge in [-0.05, 0) is 47.0 Å². The van der Waals surface area contributed by atoms with Crippen LogP contribution in [0.4, 0.5) is 8.78 Å². The van der Waals surface area contributed by atoms with Gasteiger partial charge in [0.2, 0.25) is 0 Å². The number of fused-ring (bicyclic) bond motifs is 1. The molecule has 0 bridgehead atoms. The first-order chi connectivity index (χ1) is 13.1. The molecule has 4 nitrogen and oxygen atoms in total. The van der Waals surface area contributed by atoms with Crippen LogP contribution < -0.4 is 14.8 Å². The second-order valence-electron chi connectivity index (χ2n) is 5.93. The Balaban J connectivity index is 1.63. The Kier molecular flexibility index (Phi) is 5.86. The maximum Gasteiger partial charge on any atom is 0.387 e. The van der Waals surface area contributed by atoms with Crippen LogP contribution in [0.25, 0.3) is 10.8 Å². The zero-order valence-corrected chi connectivity index (χ0v) is 14.7. The van der Waals surface area contributed by atoms with Gasteiger partial charge in [0.25, 0.3) is 5.91 Å². The van der Waals surface area contributed by atoms with Crippen LogP contribution in [0.15, 0.2) is 60.7 Å². The van der Waals surface area contributed by atoms with Crippen molar-refractivity contribution in [2.75, 3.05) is 13.7 Å². The summed E-state index contributed by atoms with van der Waals surface area (Å²) in [4.78, 5) is 12.5. The number of carbonyl (C=O) groups excluding carboxylic acids is 1. The van der Waals surface area contributed by atoms with Crippen molar-refractivity contribution < 1.29 is 23.0 Å². The van der Waals surface area contributed by atoms with Gasteiger partial charge in [-0.15, -0.1) is 0 Å². The predicted molar refractivity (Wildman–Crippen MR) is 99.6 cm³/mol. The lowest BCUT2D eigenvalue weighted by atomic mass is 10.1. The van der Waals surface area contributed by atoms with E-state index >= 15 is 0 Å². The highest BCUT2D eigenvalue weighted by atomic mass is 19.3. The second-order valence-corrected chi connectivity index (χ2v) is 5.93. The van der Waals surface area contributed by atoms with E-state index in [1.54, 1.807) is 18.2 Å². The Morgan fingerprint density at radius 1 is 1.04 bits per heavy atom. The molecule has 0 aliphatic carbocycles. The van der Waals surface area contributed by atoms with Crippen molar-refractivity contribution in [3.05, 3.63) is 71.8 Å². The molecular formula is C21H19F2NO3. The van der Waals surface area contributed by atoms with Crippen LogP contribution in [0.1, 0.15) is 15.9 Å². The maximum atomic E-state index is 12.5. The Hall–Kier alpha value is -3.15. The number of hydrogen-bond acceptors (Lipinski definition) is 3. The summed E-state index contributed by atoms with van der Waals surface area (Å²) in [5.41, 5.74) is 1.37. The first kappa shape index (κ1) is 18.6. The minimum Gasteiger partial charge on any atom is -0.496 e. The summed E-state index contributed by atoms with van der Waals surface area (Å²) < 4.78 is 34.0. The molecule has 3 rings (SSSR count). The molecule has 0 heterocycles. The third-order valence-corrected chi connectivity index (χ3v) is 4.16. The number of nitrogens with one attached hydrogen (secondary N) is 1. The Morgan fingerprint density at radius 2 is 1.70 bits per heavy atom. The molecule has 0 unspecified atom stereocenters. The molecule has 3 aromatic rings. The largest absolute Gasteiger partial charge is 0.496 e. The second kappa shape index (κ2) is 8.49. The third-order valence-electron chi connectivity index (χ3n) is 4.16. The monoisotopic (exact) mass is 371 g/mol. The number of hydrogen-bond donors (Lipinski definition) is 1. The third kappa shape index (κ3) is 4.73. The smallest absolute Gasteiger partial charge is 0.387 e. The van der Waals surface area contributed by atoms with Crippen LogP contribution in [-0.4, -0.2) is 26.2 Å². The highest BCUT2D eigenvalue weighted by Gasteiger charge is 2.13. The molecule has 0 saturated heterocycles. The van der Waals surface area contributed by atoms with Crippen LogP contribution in [0.3, 0.4) is 0 Å². The number of ether oxygens (including phenoxy) is 2. The van der Waals surface area contributed by atoms with Crippen LogP contribution in [0, 0.1) is 0 Å². The van der Waals surface area contributed by atoms with E-state index in [0.29, 0.717) is 24.3 Å². The summed E-state index contributed by atoms with van der Waals surface area (Å²) in [7, 11) is 1.53. The van der Waals surface area contributed by atoms with Crippen molar-refractivity contribution >= 4 is 16.7 Å². The average Bonchev–Trinajstić information content (AvgIpc) is 2.67. The van der Waals surface area contributed by atoms with Crippen molar-refractivity contribution in [3.63, 3.8) is 0 Å². The zero-order chi connectivity index (χ0) is 19.2. The quantitative estimate of drug-likeness (QED) is 0.669. The summed E-state index contributed by atoms with van der Waals surface area (Å²) in [6.07, 6.45) is 0.566. The van der Waals surface area contributed by atoms with Crippen molar-refractivity contribution in [1.82, 2.24) is 5.32 Å². The summed E-state index contributed by atoms with van der Waals surface area (Å²) in [6.45, 7) is -2.43. The van der Waals surface area contributed by atoms with Gasteiger partial charge in [0.15, 0.2) is 0 Å². The molecule has 0 saturated carbocycles. The normalized spacial score (nSPS) is 10.8. The summed E-state index contributed by atoms with van der Waals surface area (Å²) in [6, 6.07) is 17.7. The molecule has 3 aromatic carbocycles. The van der Waals surface area contributed by atoms with E-state index in [1.807, 2.05) is 30.3 Å². The Labute approximate surface area is 155 Å².